The van der Waals surface area contributed by atoms with E-state index in [1.54, 1.807) is 0 Å². The van der Waals surface area contributed by atoms with Gasteiger partial charge < -0.3 is 4.74 Å². The molecule has 0 saturated heterocycles. The molecule has 2 heteroatoms. The maximum absolute atomic E-state index is 11.0. The molecule has 0 fully saturated rings. The van der Waals surface area contributed by atoms with Crippen LogP contribution in [0.25, 0.3) is 0 Å². The smallest absolute Gasteiger partial charge is 0.161 e. The summed E-state index contributed by atoms with van der Waals surface area (Å²) in [6.45, 7) is 3.90. The molecule has 10 heavy (non-hydrogen) atoms. The number of hydrogen-bond acceptors (Lipinski definition) is 2. The number of carbonyl (C=O) groups excluding carboxylic acids is 1. The molecular formula is C8H12O2. The van der Waals surface area contributed by atoms with Crippen molar-refractivity contribution in [1.29, 1.82) is 0 Å². The summed E-state index contributed by atoms with van der Waals surface area (Å²) >= 11 is 0. The molecule has 1 heterocycles. The minimum absolute atomic E-state index is 0.119. The second-order valence-electron chi connectivity index (χ2n) is 2.79. The number of rotatable bonds is 0. The first kappa shape index (κ1) is 7.32. The lowest BCUT2D eigenvalue weighted by Gasteiger charge is -2.10. The highest BCUT2D eigenvalue weighted by molar-refractivity contribution is 5.91. The van der Waals surface area contributed by atoms with E-state index < -0.39 is 0 Å². The minimum atomic E-state index is 0.119. The molecule has 56 valence electrons. The average molecular weight is 140 g/mol. The van der Waals surface area contributed by atoms with E-state index in [0.29, 0.717) is 0 Å². The topological polar surface area (TPSA) is 26.3 Å². The lowest BCUT2D eigenvalue weighted by Crippen LogP contribution is -2.12. The molecule has 0 aromatic heterocycles. The van der Waals surface area contributed by atoms with Gasteiger partial charge in [-0.1, -0.05) is 6.92 Å². The molecule has 2 nitrogen and oxygen atoms in total. The molecule has 0 saturated carbocycles. The summed E-state index contributed by atoms with van der Waals surface area (Å²) < 4.78 is 5.14. The van der Waals surface area contributed by atoms with Gasteiger partial charge in [-0.25, -0.2) is 0 Å². The molecule has 0 aromatic carbocycles. The molecule has 2 unspecified atom stereocenters. The van der Waals surface area contributed by atoms with Crippen molar-refractivity contribution in [3.8, 4) is 0 Å². The molecular weight excluding hydrogens is 128 g/mol. The van der Waals surface area contributed by atoms with E-state index in [0.717, 1.165) is 6.42 Å². The lowest BCUT2D eigenvalue weighted by molar-refractivity contribution is -0.118. The van der Waals surface area contributed by atoms with Crippen LogP contribution in [0, 0.1) is 5.92 Å². The Morgan fingerprint density at radius 3 is 3.00 bits per heavy atom. The number of allylic oxidation sites excluding steroid dienone is 1. The van der Waals surface area contributed by atoms with Gasteiger partial charge in [-0.2, -0.15) is 0 Å². The second kappa shape index (κ2) is 2.86. The molecule has 0 bridgehead atoms. The Kier molecular flexibility index (Phi) is 2.10. The van der Waals surface area contributed by atoms with E-state index in [1.807, 2.05) is 13.8 Å². The normalized spacial score (nSPS) is 33.2. The van der Waals surface area contributed by atoms with Crippen LogP contribution in [0.1, 0.15) is 20.3 Å². The zero-order valence-electron chi connectivity index (χ0n) is 6.33. The van der Waals surface area contributed by atoms with Gasteiger partial charge in [0, 0.05) is 12.0 Å². The molecule has 0 aromatic rings. The first-order valence-electron chi connectivity index (χ1n) is 3.56. The van der Waals surface area contributed by atoms with Crippen LogP contribution in [-0.2, 0) is 9.53 Å². The Balaban J connectivity index is 2.62. The van der Waals surface area contributed by atoms with E-state index in [4.69, 9.17) is 4.74 Å². The standard InChI is InChI=1S/C8H12O2/c1-6-5-7(2)10-4-3-8(6)9/h3-4,6-7H,5H2,1-2H3. The quantitative estimate of drug-likeness (QED) is 0.510. The molecule has 1 aliphatic rings. The SMILES string of the molecule is CC1CC(C)C(=O)C=CO1. The third-order valence-corrected chi connectivity index (χ3v) is 1.71. The first-order chi connectivity index (χ1) is 4.70. The van der Waals surface area contributed by atoms with Gasteiger partial charge in [-0.05, 0) is 13.3 Å². The zero-order valence-corrected chi connectivity index (χ0v) is 6.33. The summed E-state index contributed by atoms with van der Waals surface area (Å²) in [6.07, 6.45) is 4.01. The average Bonchev–Trinajstić information content (AvgIpc) is 1.96. The third-order valence-electron chi connectivity index (χ3n) is 1.71. The second-order valence-corrected chi connectivity index (χ2v) is 2.79. The highest BCUT2D eigenvalue weighted by Gasteiger charge is 2.16. The fourth-order valence-corrected chi connectivity index (χ4v) is 1.07. The zero-order chi connectivity index (χ0) is 7.56. The van der Waals surface area contributed by atoms with Crippen LogP contribution in [0.15, 0.2) is 12.3 Å². The van der Waals surface area contributed by atoms with Gasteiger partial charge >= 0.3 is 0 Å². The van der Waals surface area contributed by atoms with Gasteiger partial charge in [0.25, 0.3) is 0 Å². The van der Waals surface area contributed by atoms with Crippen molar-refractivity contribution >= 4 is 5.78 Å². The van der Waals surface area contributed by atoms with Crippen molar-refractivity contribution in [2.45, 2.75) is 26.4 Å². The highest BCUT2D eigenvalue weighted by atomic mass is 16.5. The van der Waals surface area contributed by atoms with Crippen LogP contribution in [0.2, 0.25) is 0 Å². The minimum Gasteiger partial charge on any atom is -0.498 e. The van der Waals surface area contributed by atoms with Crippen LogP contribution in [-0.4, -0.2) is 11.9 Å². The summed E-state index contributed by atoms with van der Waals surface area (Å²) in [5.41, 5.74) is 0. The number of ether oxygens (including phenoxy) is 1. The fourth-order valence-electron chi connectivity index (χ4n) is 1.07. The predicted molar refractivity (Wildman–Crippen MR) is 38.5 cm³/mol. The highest BCUT2D eigenvalue weighted by Crippen LogP contribution is 2.14. The summed E-state index contributed by atoms with van der Waals surface area (Å²) in [6, 6.07) is 0. The molecule has 0 N–H and O–H groups in total. The van der Waals surface area contributed by atoms with Crippen LogP contribution in [0.4, 0.5) is 0 Å². The van der Waals surface area contributed by atoms with Crippen LogP contribution in [0.3, 0.4) is 0 Å². The van der Waals surface area contributed by atoms with Crippen molar-refractivity contribution in [1.82, 2.24) is 0 Å². The Morgan fingerprint density at radius 1 is 1.60 bits per heavy atom. The molecule has 0 aliphatic carbocycles. The summed E-state index contributed by atoms with van der Waals surface area (Å²) in [5, 5.41) is 0. The Labute approximate surface area is 60.9 Å². The predicted octanol–water partition coefficient (Wildman–Crippen LogP) is 1.51. The number of carbonyl (C=O) groups is 1. The Morgan fingerprint density at radius 2 is 2.30 bits per heavy atom. The Bertz CT molecular complexity index is 161. The maximum Gasteiger partial charge on any atom is 0.161 e. The van der Waals surface area contributed by atoms with Crippen molar-refractivity contribution in [2.75, 3.05) is 0 Å². The van der Waals surface area contributed by atoms with Crippen LogP contribution >= 0.6 is 0 Å². The fraction of sp³-hybridized carbons (Fsp3) is 0.625. The van der Waals surface area contributed by atoms with Gasteiger partial charge in [-0.15, -0.1) is 0 Å². The van der Waals surface area contributed by atoms with E-state index in [2.05, 4.69) is 0 Å². The van der Waals surface area contributed by atoms with Crippen molar-refractivity contribution in [3.05, 3.63) is 12.3 Å². The van der Waals surface area contributed by atoms with Crippen molar-refractivity contribution in [3.63, 3.8) is 0 Å². The van der Waals surface area contributed by atoms with Gasteiger partial charge in [0.2, 0.25) is 0 Å². The van der Waals surface area contributed by atoms with Crippen molar-refractivity contribution in [2.24, 2.45) is 5.92 Å². The van der Waals surface area contributed by atoms with E-state index in [9.17, 15) is 4.79 Å². The summed E-state index contributed by atoms with van der Waals surface area (Å²) in [5.74, 6) is 0.290. The molecule has 2 atom stereocenters. The van der Waals surface area contributed by atoms with E-state index in [-0.39, 0.29) is 17.8 Å². The molecule has 0 spiro atoms. The maximum atomic E-state index is 11.0. The van der Waals surface area contributed by atoms with Crippen LogP contribution in [0.5, 0.6) is 0 Å². The number of hydrogen-bond donors (Lipinski definition) is 0. The lowest BCUT2D eigenvalue weighted by atomic mass is 10.0. The number of ketones is 1. The molecule has 1 aliphatic heterocycles. The van der Waals surface area contributed by atoms with Gasteiger partial charge in [0.1, 0.15) is 0 Å². The van der Waals surface area contributed by atoms with E-state index in [1.165, 1.54) is 12.3 Å². The summed E-state index contributed by atoms with van der Waals surface area (Å²) in [4.78, 5) is 11.0. The molecule has 0 radical (unpaired) electrons. The summed E-state index contributed by atoms with van der Waals surface area (Å²) in [7, 11) is 0. The van der Waals surface area contributed by atoms with Crippen LogP contribution < -0.4 is 0 Å². The Hall–Kier alpha value is -0.790. The van der Waals surface area contributed by atoms with E-state index >= 15 is 0 Å². The van der Waals surface area contributed by atoms with Gasteiger partial charge in [0.05, 0.1) is 12.4 Å². The third kappa shape index (κ3) is 1.59. The largest absolute Gasteiger partial charge is 0.498 e. The van der Waals surface area contributed by atoms with Crippen molar-refractivity contribution < 1.29 is 9.53 Å². The molecule has 1 rings (SSSR count). The van der Waals surface area contributed by atoms with Gasteiger partial charge in [-0.3, -0.25) is 4.79 Å². The first-order valence-corrected chi connectivity index (χ1v) is 3.56. The monoisotopic (exact) mass is 140 g/mol. The molecule has 0 amide bonds. The van der Waals surface area contributed by atoms with Gasteiger partial charge in [0.15, 0.2) is 5.78 Å².